The number of thiophene rings is 1. The predicted octanol–water partition coefficient (Wildman–Crippen LogP) is 4.43. The molecule has 0 fully saturated rings. The number of hydrogen-bond acceptors (Lipinski definition) is 4. The molecule has 4 heteroatoms. The summed E-state index contributed by atoms with van der Waals surface area (Å²) in [6, 6.07) is 10.4. The summed E-state index contributed by atoms with van der Waals surface area (Å²) in [5.41, 5.74) is 1.05. The van der Waals surface area contributed by atoms with Gasteiger partial charge < -0.3 is 14.8 Å². The fourth-order valence-corrected chi connectivity index (χ4v) is 3.13. The highest BCUT2D eigenvalue weighted by Gasteiger charge is 2.31. The van der Waals surface area contributed by atoms with E-state index in [0.717, 1.165) is 30.2 Å². The van der Waals surface area contributed by atoms with E-state index in [1.807, 2.05) is 43.4 Å². The van der Waals surface area contributed by atoms with Gasteiger partial charge in [-0.25, -0.2) is 0 Å². The van der Waals surface area contributed by atoms with Gasteiger partial charge in [0.2, 0.25) is 5.79 Å². The number of fused-ring (bicyclic) bond motifs is 1. The summed E-state index contributed by atoms with van der Waals surface area (Å²) in [7, 11) is 0. The van der Waals surface area contributed by atoms with E-state index in [1.165, 1.54) is 9.75 Å². The van der Waals surface area contributed by atoms with Crippen LogP contribution in [0, 0.1) is 0 Å². The molecule has 0 radical (unpaired) electrons. The topological polar surface area (TPSA) is 30.5 Å². The van der Waals surface area contributed by atoms with Crippen molar-refractivity contribution in [2.45, 2.75) is 39.5 Å². The highest BCUT2D eigenvalue weighted by atomic mass is 32.1. The maximum absolute atomic E-state index is 5.75. The van der Waals surface area contributed by atoms with E-state index in [1.54, 1.807) is 0 Å². The number of nitrogens with one attached hydrogen (secondary N) is 1. The molecule has 3 rings (SSSR count). The Morgan fingerprint density at radius 2 is 1.80 bits per heavy atom. The van der Waals surface area contributed by atoms with Crippen molar-refractivity contribution in [3.05, 3.63) is 40.1 Å². The van der Waals surface area contributed by atoms with Crippen molar-refractivity contribution >= 4 is 17.0 Å². The van der Waals surface area contributed by atoms with Crippen LogP contribution in [0.5, 0.6) is 11.5 Å². The van der Waals surface area contributed by atoms with E-state index in [0.29, 0.717) is 0 Å². The first-order chi connectivity index (χ1) is 9.55. The van der Waals surface area contributed by atoms with Gasteiger partial charge in [0, 0.05) is 41.9 Å². The highest BCUT2D eigenvalue weighted by molar-refractivity contribution is 7.12. The van der Waals surface area contributed by atoms with Gasteiger partial charge in [-0.2, -0.15) is 0 Å². The van der Waals surface area contributed by atoms with E-state index >= 15 is 0 Å². The number of aryl methyl sites for hydroxylation is 1. The zero-order valence-corrected chi connectivity index (χ0v) is 12.8. The zero-order valence-electron chi connectivity index (χ0n) is 12.0. The van der Waals surface area contributed by atoms with Crippen LogP contribution in [-0.4, -0.2) is 5.79 Å². The summed E-state index contributed by atoms with van der Waals surface area (Å²) in [4.78, 5) is 2.77. The lowest BCUT2D eigenvalue weighted by atomic mass is 10.2. The van der Waals surface area contributed by atoms with E-state index in [2.05, 4.69) is 24.4 Å². The summed E-state index contributed by atoms with van der Waals surface area (Å²) in [5, 5.41) is 3.43. The van der Waals surface area contributed by atoms with E-state index < -0.39 is 5.79 Å². The average Bonchev–Trinajstić information content (AvgIpc) is 2.97. The lowest BCUT2D eigenvalue weighted by molar-refractivity contribution is -0.0431. The van der Waals surface area contributed by atoms with Crippen molar-refractivity contribution in [3.8, 4) is 11.5 Å². The van der Waals surface area contributed by atoms with Crippen LogP contribution in [0.2, 0.25) is 0 Å². The first kappa shape index (κ1) is 13.3. The minimum absolute atomic E-state index is 0.565. The molecule has 0 spiro atoms. The molecule has 2 heterocycles. The van der Waals surface area contributed by atoms with E-state index in [9.17, 15) is 0 Å². The molecule has 1 N–H and O–H groups in total. The van der Waals surface area contributed by atoms with Crippen LogP contribution >= 0.6 is 11.3 Å². The van der Waals surface area contributed by atoms with Gasteiger partial charge >= 0.3 is 0 Å². The van der Waals surface area contributed by atoms with Gasteiger partial charge in [0.05, 0.1) is 0 Å². The first-order valence-electron chi connectivity index (χ1n) is 6.89. The number of hydrogen-bond donors (Lipinski definition) is 1. The molecule has 0 bridgehead atoms. The minimum atomic E-state index is -0.565. The number of benzene rings is 1. The van der Waals surface area contributed by atoms with Crippen molar-refractivity contribution in [3.63, 3.8) is 0 Å². The standard InChI is InChI=1S/C16H19NO2S/c1-4-12-6-7-13(20-12)10-17-11-5-8-14-15(9-11)19-16(2,3)18-14/h5-9,17H,4,10H2,1-3H3. The Morgan fingerprint density at radius 3 is 2.55 bits per heavy atom. The molecule has 1 aromatic carbocycles. The van der Waals surface area contributed by atoms with Crippen LogP contribution in [0.1, 0.15) is 30.5 Å². The van der Waals surface area contributed by atoms with Gasteiger partial charge in [-0.1, -0.05) is 6.92 Å². The second-order valence-electron chi connectivity index (χ2n) is 5.34. The summed E-state index contributed by atoms with van der Waals surface area (Å²) < 4.78 is 11.4. The molecule has 106 valence electrons. The van der Waals surface area contributed by atoms with Gasteiger partial charge in [0.1, 0.15) is 0 Å². The van der Waals surface area contributed by atoms with Gasteiger partial charge in [0.15, 0.2) is 11.5 Å². The molecule has 0 aliphatic carbocycles. The van der Waals surface area contributed by atoms with Crippen LogP contribution in [0.25, 0.3) is 0 Å². The number of rotatable bonds is 4. The molecule has 1 aromatic heterocycles. The second-order valence-corrected chi connectivity index (χ2v) is 6.59. The number of anilines is 1. The monoisotopic (exact) mass is 289 g/mol. The molecule has 0 amide bonds. The average molecular weight is 289 g/mol. The van der Waals surface area contributed by atoms with Crippen molar-refractivity contribution in [1.82, 2.24) is 0 Å². The highest BCUT2D eigenvalue weighted by Crippen LogP contribution is 2.40. The van der Waals surface area contributed by atoms with Crippen molar-refractivity contribution < 1.29 is 9.47 Å². The molecular formula is C16H19NO2S. The zero-order chi connectivity index (χ0) is 14.2. The van der Waals surface area contributed by atoms with Crippen LogP contribution in [0.15, 0.2) is 30.3 Å². The maximum atomic E-state index is 5.75. The summed E-state index contributed by atoms with van der Waals surface area (Å²) in [6.45, 7) is 6.85. The Balaban J connectivity index is 1.67. The summed E-state index contributed by atoms with van der Waals surface area (Å²) in [6.07, 6.45) is 1.10. The Kier molecular flexibility index (Phi) is 3.34. The van der Waals surface area contributed by atoms with Crippen LogP contribution < -0.4 is 14.8 Å². The molecule has 1 aliphatic rings. The normalized spacial score (nSPS) is 15.3. The van der Waals surface area contributed by atoms with Gasteiger partial charge in [-0.3, -0.25) is 0 Å². The third kappa shape index (κ3) is 2.75. The lowest BCUT2D eigenvalue weighted by Gasteiger charge is -2.16. The largest absolute Gasteiger partial charge is 0.449 e. The quantitative estimate of drug-likeness (QED) is 0.903. The predicted molar refractivity (Wildman–Crippen MR) is 82.8 cm³/mol. The fourth-order valence-electron chi connectivity index (χ4n) is 2.23. The van der Waals surface area contributed by atoms with Crippen LogP contribution in [-0.2, 0) is 13.0 Å². The molecular weight excluding hydrogens is 270 g/mol. The fraction of sp³-hybridized carbons (Fsp3) is 0.375. The van der Waals surface area contributed by atoms with E-state index in [-0.39, 0.29) is 0 Å². The maximum Gasteiger partial charge on any atom is 0.246 e. The van der Waals surface area contributed by atoms with Crippen molar-refractivity contribution in [2.24, 2.45) is 0 Å². The Bertz CT molecular complexity index is 619. The van der Waals surface area contributed by atoms with Crippen LogP contribution in [0.4, 0.5) is 5.69 Å². The lowest BCUT2D eigenvalue weighted by Crippen LogP contribution is -2.29. The first-order valence-corrected chi connectivity index (χ1v) is 7.71. The summed E-state index contributed by atoms with van der Waals surface area (Å²) >= 11 is 1.86. The molecule has 0 saturated heterocycles. The van der Waals surface area contributed by atoms with Gasteiger partial charge in [-0.05, 0) is 30.7 Å². The molecule has 1 aliphatic heterocycles. The summed E-state index contributed by atoms with van der Waals surface area (Å²) in [5.74, 6) is 1.05. The Morgan fingerprint density at radius 1 is 1.05 bits per heavy atom. The smallest absolute Gasteiger partial charge is 0.246 e. The minimum Gasteiger partial charge on any atom is -0.449 e. The molecule has 0 atom stereocenters. The molecule has 0 unspecified atom stereocenters. The third-order valence-corrected chi connectivity index (χ3v) is 4.42. The molecule has 20 heavy (non-hydrogen) atoms. The number of ether oxygens (including phenoxy) is 2. The Hall–Kier alpha value is -1.68. The van der Waals surface area contributed by atoms with Crippen LogP contribution in [0.3, 0.4) is 0 Å². The van der Waals surface area contributed by atoms with Gasteiger partial charge in [-0.15, -0.1) is 11.3 Å². The molecule has 3 nitrogen and oxygen atoms in total. The Labute approximate surface area is 123 Å². The van der Waals surface area contributed by atoms with Gasteiger partial charge in [0.25, 0.3) is 0 Å². The SMILES string of the molecule is CCc1ccc(CNc2ccc3c(c2)OC(C)(C)O3)s1. The second kappa shape index (κ2) is 5.02. The molecule has 0 saturated carbocycles. The third-order valence-electron chi connectivity index (χ3n) is 3.19. The molecule has 2 aromatic rings. The van der Waals surface area contributed by atoms with Crippen molar-refractivity contribution in [1.29, 1.82) is 0 Å². The van der Waals surface area contributed by atoms with E-state index in [4.69, 9.17) is 9.47 Å². The van der Waals surface area contributed by atoms with Crippen molar-refractivity contribution in [2.75, 3.05) is 5.32 Å².